The van der Waals surface area contributed by atoms with Gasteiger partial charge < -0.3 is 20.8 Å². The Morgan fingerprint density at radius 2 is 1.88 bits per heavy atom. The minimum atomic E-state index is -1.93. The summed E-state index contributed by atoms with van der Waals surface area (Å²) >= 11 is 0. The van der Waals surface area contributed by atoms with Crippen LogP contribution in [0.4, 0.5) is 4.79 Å². The van der Waals surface area contributed by atoms with E-state index in [4.69, 9.17) is 5.11 Å². The number of rotatable bonds is 4. The maximum atomic E-state index is 11.5. The van der Waals surface area contributed by atoms with Gasteiger partial charge >= 0.3 is 12.0 Å². The van der Waals surface area contributed by atoms with Crippen LogP contribution in [-0.2, 0) is 4.79 Å². The molecule has 1 unspecified atom stereocenters. The Hall–Kier alpha value is -1.30. The first-order valence-corrected chi connectivity index (χ1v) is 5.92. The number of hydrogen-bond donors (Lipinski definition) is 4. The van der Waals surface area contributed by atoms with E-state index in [2.05, 4.69) is 10.6 Å². The van der Waals surface area contributed by atoms with E-state index in [1.54, 1.807) is 0 Å². The molecule has 4 N–H and O–H groups in total. The molecule has 1 atom stereocenters. The highest BCUT2D eigenvalue weighted by atomic mass is 16.4. The van der Waals surface area contributed by atoms with Crippen molar-refractivity contribution in [2.75, 3.05) is 6.54 Å². The number of carbonyl (C=O) groups excluding carboxylic acids is 1. The zero-order chi connectivity index (χ0) is 12.9. The number of nitrogens with one attached hydrogen (secondary N) is 2. The van der Waals surface area contributed by atoms with Gasteiger partial charge in [0.05, 0.1) is 6.54 Å². The summed E-state index contributed by atoms with van der Waals surface area (Å²) in [7, 11) is 0. The zero-order valence-corrected chi connectivity index (χ0v) is 10.0. The van der Waals surface area contributed by atoms with Gasteiger partial charge in [-0.05, 0) is 19.8 Å². The molecule has 0 aromatic carbocycles. The summed E-state index contributed by atoms with van der Waals surface area (Å²) in [6.07, 6.45) is 5.34. The molecule has 0 bridgehead atoms. The second-order valence-electron chi connectivity index (χ2n) is 4.74. The van der Waals surface area contributed by atoms with E-state index in [0.29, 0.717) is 0 Å². The number of aliphatic hydroxyl groups is 1. The van der Waals surface area contributed by atoms with Crippen molar-refractivity contribution in [2.45, 2.75) is 50.7 Å². The fraction of sp³-hybridized carbons (Fsp3) is 0.818. The van der Waals surface area contributed by atoms with Crippen molar-refractivity contribution in [3.63, 3.8) is 0 Å². The second-order valence-corrected chi connectivity index (χ2v) is 4.74. The zero-order valence-electron chi connectivity index (χ0n) is 10.0. The Morgan fingerprint density at radius 3 is 2.41 bits per heavy atom. The first kappa shape index (κ1) is 13.8. The third-order valence-corrected chi connectivity index (χ3v) is 2.99. The van der Waals surface area contributed by atoms with Gasteiger partial charge in [0.1, 0.15) is 0 Å². The Morgan fingerprint density at radius 1 is 1.29 bits per heavy atom. The lowest BCUT2D eigenvalue weighted by molar-refractivity contribution is -0.155. The van der Waals surface area contributed by atoms with Crippen LogP contribution in [0.15, 0.2) is 0 Å². The molecule has 0 heterocycles. The Labute approximate surface area is 100 Å². The maximum Gasteiger partial charge on any atom is 0.337 e. The molecule has 1 fully saturated rings. The van der Waals surface area contributed by atoms with E-state index in [-0.39, 0.29) is 12.6 Å². The maximum absolute atomic E-state index is 11.5. The van der Waals surface area contributed by atoms with Crippen molar-refractivity contribution >= 4 is 12.0 Å². The van der Waals surface area contributed by atoms with Gasteiger partial charge in [0.25, 0.3) is 0 Å². The quantitative estimate of drug-likeness (QED) is 0.577. The fourth-order valence-electron chi connectivity index (χ4n) is 1.81. The van der Waals surface area contributed by atoms with Gasteiger partial charge in [-0.15, -0.1) is 0 Å². The molecule has 1 saturated carbocycles. The molecule has 0 saturated heterocycles. The molecule has 0 aromatic rings. The monoisotopic (exact) mass is 244 g/mol. The van der Waals surface area contributed by atoms with Crippen LogP contribution in [0.1, 0.15) is 39.0 Å². The van der Waals surface area contributed by atoms with Crippen LogP contribution in [-0.4, -0.2) is 40.4 Å². The van der Waals surface area contributed by atoms with Crippen LogP contribution in [0.25, 0.3) is 0 Å². The molecule has 17 heavy (non-hydrogen) atoms. The van der Waals surface area contributed by atoms with E-state index in [0.717, 1.165) is 32.6 Å². The van der Waals surface area contributed by atoms with Gasteiger partial charge in [-0.2, -0.15) is 0 Å². The molecular weight excluding hydrogens is 224 g/mol. The summed E-state index contributed by atoms with van der Waals surface area (Å²) in [5, 5.41) is 23.2. The van der Waals surface area contributed by atoms with Gasteiger partial charge in [0.2, 0.25) is 0 Å². The van der Waals surface area contributed by atoms with E-state index >= 15 is 0 Å². The van der Waals surface area contributed by atoms with E-state index in [1.807, 2.05) is 0 Å². The molecule has 1 aliphatic carbocycles. The summed E-state index contributed by atoms with van der Waals surface area (Å²) in [5.41, 5.74) is -1.93. The van der Waals surface area contributed by atoms with Crippen molar-refractivity contribution < 1.29 is 19.8 Å². The summed E-state index contributed by atoms with van der Waals surface area (Å²) in [4.78, 5) is 22.1. The van der Waals surface area contributed by atoms with Gasteiger partial charge in [0.15, 0.2) is 5.60 Å². The van der Waals surface area contributed by atoms with Gasteiger partial charge in [-0.25, -0.2) is 9.59 Å². The van der Waals surface area contributed by atoms with Crippen LogP contribution in [0, 0.1) is 0 Å². The lowest BCUT2D eigenvalue weighted by Crippen LogP contribution is -2.51. The molecule has 0 aromatic heterocycles. The SMILES string of the molecule is CC(O)(CNC(=O)NC1CCCCC1)C(=O)O. The van der Waals surface area contributed by atoms with Crippen LogP contribution >= 0.6 is 0 Å². The highest BCUT2D eigenvalue weighted by Crippen LogP contribution is 2.17. The van der Waals surface area contributed by atoms with Gasteiger partial charge in [-0.3, -0.25) is 0 Å². The smallest absolute Gasteiger partial charge is 0.337 e. The van der Waals surface area contributed by atoms with E-state index in [1.165, 1.54) is 6.42 Å². The van der Waals surface area contributed by atoms with Crippen molar-refractivity contribution in [1.82, 2.24) is 10.6 Å². The van der Waals surface area contributed by atoms with Crippen LogP contribution in [0.5, 0.6) is 0 Å². The minimum absolute atomic E-state index is 0.165. The summed E-state index contributed by atoms with van der Waals surface area (Å²) in [6.45, 7) is 0.844. The number of hydrogen-bond acceptors (Lipinski definition) is 3. The second kappa shape index (κ2) is 5.86. The van der Waals surface area contributed by atoms with Crippen molar-refractivity contribution in [3.8, 4) is 0 Å². The van der Waals surface area contributed by atoms with Crippen LogP contribution in [0.2, 0.25) is 0 Å². The Kier molecular flexibility index (Phi) is 4.74. The molecule has 6 heteroatoms. The molecule has 0 aliphatic heterocycles. The van der Waals surface area contributed by atoms with Crippen molar-refractivity contribution in [2.24, 2.45) is 0 Å². The number of aliphatic carboxylic acids is 1. The minimum Gasteiger partial charge on any atom is -0.479 e. The molecule has 2 amide bonds. The lowest BCUT2D eigenvalue weighted by atomic mass is 9.96. The van der Waals surface area contributed by atoms with Gasteiger partial charge in [0, 0.05) is 6.04 Å². The molecule has 0 spiro atoms. The van der Waals surface area contributed by atoms with Crippen LogP contribution < -0.4 is 10.6 Å². The summed E-state index contributed by atoms with van der Waals surface area (Å²) < 4.78 is 0. The molecule has 1 rings (SSSR count). The molecular formula is C11H20N2O4. The first-order chi connectivity index (χ1) is 7.92. The predicted molar refractivity (Wildman–Crippen MR) is 61.7 cm³/mol. The first-order valence-electron chi connectivity index (χ1n) is 5.92. The number of carboxylic acids is 1. The van der Waals surface area contributed by atoms with Crippen molar-refractivity contribution in [3.05, 3.63) is 0 Å². The average Bonchev–Trinajstić information content (AvgIpc) is 2.28. The standard InChI is InChI=1S/C11H20N2O4/c1-11(17,9(14)15)7-12-10(16)13-8-5-3-2-4-6-8/h8,17H,2-7H2,1H3,(H,14,15)(H2,12,13,16). The molecule has 98 valence electrons. The topological polar surface area (TPSA) is 98.7 Å². The van der Waals surface area contributed by atoms with E-state index < -0.39 is 17.6 Å². The molecule has 0 radical (unpaired) electrons. The highest BCUT2D eigenvalue weighted by Gasteiger charge is 2.30. The Balaban J connectivity index is 2.27. The largest absolute Gasteiger partial charge is 0.479 e. The fourth-order valence-corrected chi connectivity index (χ4v) is 1.81. The molecule has 1 aliphatic rings. The number of carboxylic acid groups (broad SMARTS) is 1. The van der Waals surface area contributed by atoms with Crippen molar-refractivity contribution in [1.29, 1.82) is 0 Å². The lowest BCUT2D eigenvalue weighted by Gasteiger charge is -2.24. The van der Waals surface area contributed by atoms with Crippen LogP contribution in [0.3, 0.4) is 0 Å². The predicted octanol–water partition coefficient (Wildman–Crippen LogP) is 0.454. The normalized spacial score (nSPS) is 20.4. The third kappa shape index (κ3) is 4.60. The number of urea groups is 1. The Bertz CT molecular complexity index is 285. The number of carbonyl (C=O) groups is 2. The summed E-state index contributed by atoms with van der Waals surface area (Å²) in [6, 6.07) is -0.253. The average molecular weight is 244 g/mol. The highest BCUT2D eigenvalue weighted by molar-refractivity contribution is 5.79. The molecule has 6 nitrogen and oxygen atoms in total. The number of amides is 2. The summed E-state index contributed by atoms with van der Waals surface area (Å²) in [5.74, 6) is -1.35. The van der Waals surface area contributed by atoms with Gasteiger partial charge in [-0.1, -0.05) is 19.3 Å². The third-order valence-electron chi connectivity index (χ3n) is 2.99. The van der Waals surface area contributed by atoms with E-state index in [9.17, 15) is 14.7 Å².